The fourth-order valence-corrected chi connectivity index (χ4v) is 2.37. The van der Waals surface area contributed by atoms with Gasteiger partial charge in [0.25, 0.3) is 5.91 Å². The van der Waals surface area contributed by atoms with E-state index in [1.165, 1.54) is 36.4 Å². The second kappa shape index (κ2) is 8.84. The van der Waals surface area contributed by atoms with Gasteiger partial charge >= 0.3 is 5.97 Å². The summed E-state index contributed by atoms with van der Waals surface area (Å²) in [6, 6.07) is 12.9. The number of hydrogen-bond donors (Lipinski definition) is 1. The van der Waals surface area contributed by atoms with Crippen molar-refractivity contribution in [2.45, 2.75) is 6.10 Å². The van der Waals surface area contributed by atoms with Crippen LogP contribution in [-0.2, 0) is 14.3 Å². The molecule has 1 heterocycles. The van der Waals surface area contributed by atoms with Crippen molar-refractivity contribution in [3.63, 3.8) is 0 Å². The van der Waals surface area contributed by atoms with Crippen molar-refractivity contribution in [2.75, 3.05) is 19.8 Å². The maximum atomic E-state index is 12.8. The summed E-state index contributed by atoms with van der Waals surface area (Å²) < 4.78 is 28.9. The smallest absolute Gasteiger partial charge is 0.331 e. The first-order valence-electron chi connectivity index (χ1n) is 8.36. The van der Waals surface area contributed by atoms with Gasteiger partial charge in [0.15, 0.2) is 18.1 Å². The van der Waals surface area contributed by atoms with Gasteiger partial charge in [-0.3, -0.25) is 4.79 Å². The summed E-state index contributed by atoms with van der Waals surface area (Å²) in [6.07, 6.45) is 2.33. The number of fused-ring (bicyclic) bond motifs is 1. The molecule has 0 saturated heterocycles. The molecule has 1 amide bonds. The molecule has 0 spiro atoms. The Hall–Kier alpha value is -3.35. The van der Waals surface area contributed by atoms with Crippen LogP contribution in [0.3, 0.4) is 0 Å². The van der Waals surface area contributed by atoms with Gasteiger partial charge in [0.1, 0.15) is 18.5 Å². The van der Waals surface area contributed by atoms with E-state index >= 15 is 0 Å². The van der Waals surface area contributed by atoms with Crippen LogP contribution in [0.15, 0.2) is 54.6 Å². The molecule has 27 heavy (non-hydrogen) atoms. The average molecular weight is 371 g/mol. The van der Waals surface area contributed by atoms with Gasteiger partial charge in [-0.1, -0.05) is 24.3 Å². The molecule has 0 bridgehead atoms. The Kier molecular flexibility index (Phi) is 6.04. The third-order valence-electron chi connectivity index (χ3n) is 3.72. The first-order valence-corrected chi connectivity index (χ1v) is 8.36. The van der Waals surface area contributed by atoms with Crippen molar-refractivity contribution in [3.05, 3.63) is 66.0 Å². The monoisotopic (exact) mass is 371 g/mol. The predicted molar refractivity (Wildman–Crippen MR) is 95.8 cm³/mol. The highest BCUT2D eigenvalue weighted by Crippen LogP contribution is 2.30. The van der Waals surface area contributed by atoms with E-state index in [9.17, 15) is 14.0 Å². The summed E-state index contributed by atoms with van der Waals surface area (Å²) in [5.41, 5.74) is 0.646. The van der Waals surface area contributed by atoms with Crippen LogP contribution < -0.4 is 14.8 Å². The van der Waals surface area contributed by atoms with Crippen LogP contribution in [0, 0.1) is 5.82 Å². The molecule has 2 aromatic rings. The van der Waals surface area contributed by atoms with Crippen LogP contribution in [0.5, 0.6) is 11.5 Å². The summed E-state index contributed by atoms with van der Waals surface area (Å²) >= 11 is 0. The van der Waals surface area contributed by atoms with E-state index in [-0.39, 0.29) is 18.5 Å². The summed E-state index contributed by atoms with van der Waals surface area (Å²) in [5.74, 6) is -0.175. The molecular formula is C20H18FNO5. The standard InChI is InChI=1S/C20H18FNO5/c21-15-8-5-14(6-9-15)7-10-20(24)26-13-19(23)22-11-16-12-25-17-3-1-2-4-18(17)27-16/h1-10,16H,11-13H2,(H,22,23)/b10-7+/t16-/m1/s1. The molecule has 7 heteroatoms. The van der Waals surface area contributed by atoms with Gasteiger partial charge in [0, 0.05) is 6.08 Å². The molecule has 1 N–H and O–H groups in total. The van der Waals surface area contributed by atoms with Crippen molar-refractivity contribution in [1.29, 1.82) is 0 Å². The molecule has 3 rings (SSSR count). The second-order valence-electron chi connectivity index (χ2n) is 5.79. The van der Waals surface area contributed by atoms with Gasteiger partial charge < -0.3 is 19.5 Å². The van der Waals surface area contributed by atoms with Crippen molar-refractivity contribution < 1.29 is 28.2 Å². The molecule has 0 saturated carbocycles. The minimum atomic E-state index is -0.666. The molecule has 0 aromatic heterocycles. The van der Waals surface area contributed by atoms with E-state index in [1.807, 2.05) is 18.2 Å². The Labute approximate surface area is 155 Å². The minimum absolute atomic E-state index is 0.232. The number of carbonyl (C=O) groups is 2. The lowest BCUT2D eigenvalue weighted by atomic mass is 10.2. The lowest BCUT2D eigenvalue weighted by Crippen LogP contribution is -2.42. The number of hydrogen-bond acceptors (Lipinski definition) is 5. The molecule has 1 atom stereocenters. The number of carbonyl (C=O) groups excluding carboxylic acids is 2. The number of ether oxygens (including phenoxy) is 3. The van der Waals surface area contributed by atoms with Crippen molar-refractivity contribution in [3.8, 4) is 11.5 Å². The molecular weight excluding hydrogens is 353 g/mol. The van der Waals surface area contributed by atoms with Crippen LogP contribution in [0.2, 0.25) is 0 Å². The van der Waals surface area contributed by atoms with Crippen LogP contribution in [-0.4, -0.2) is 37.7 Å². The van der Waals surface area contributed by atoms with Crippen molar-refractivity contribution in [1.82, 2.24) is 5.32 Å². The maximum absolute atomic E-state index is 12.8. The molecule has 0 unspecified atom stereocenters. The second-order valence-corrected chi connectivity index (χ2v) is 5.79. The summed E-state index contributed by atoms with van der Waals surface area (Å²) in [4.78, 5) is 23.4. The van der Waals surface area contributed by atoms with Gasteiger partial charge in [-0.15, -0.1) is 0 Å². The third kappa shape index (κ3) is 5.57. The average Bonchev–Trinajstić information content (AvgIpc) is 2.70. The summed E-state index contributed by atoms with van der Waals surface area (Å²) in [7, 11) is 0. The fourth-order valence-electron chi connectivity index (χ4n) is 2.37. The van der Waals surface area contributed by atoms with Crippen molar-refractivity contribution in [2.24, 2.45) is 0 Å². The number of rotatable bonds is 6. The zero-order chi connectivity index (χ0) is 19.1. The van der Waals surface area contributed by atoms with E-state index < -0.39 is 18.5 Å². The van der Waals surface area contributed by atoms with Crippen LogP contribution >= 0.6 is 0 Å². The lowest BCUT2D eigenvalue weighted by Gasteiger charge is -2.26. The third-order valence-corrected chi connectivity index (χ3v) is 3.72. The number of halogens is 1. The van der Waals surface area contributed by atoms with E-state index in [1.54, 1.807) is 6.07 Å². The van der Waals surface area contributed by atoms with Crippen molar-refractivity contribution >= 4 is 18.0 Å². The van der Waals surface area contributed by atoms with Crippen LogP contribution in [0.1, 0.15) is 5.56 Å². The highest BCUT2D eigenvalue weighted by atomic mass is 19.1. The molecule has 0 radical (unpaired) electrons. The highest BCUT2D eigenvalue weighted by molar-refractivity contribution is 5.89. The normalized spacial score (nSPS) is 15.4. The summed E-state index contributed by atoms with van der Waals surface area (Å²) in [6.45, 7) is 0.143. The van der Waals surface area contributed by atoms with E-state index in [0.29, 0.717) is 23.7 Å². The number of benzene rings is 2. The topological polar surface area (TPSA) is 73.9 Å². The largest absolute Gasteiger partial charge is 0.486 e. The van der Waals surface area contributed by atoms with Gasteiger partial charge in [0.05, 0.1) is 6.54 Å². The highest BCUT2D eigenvalue weighted by Gasteiger charge is 2.21. The summed E-state index contributed by atoms with van der Waals surface area (Å²) in [5, 5.41) is 2.63. The maximum Gasteiger partial charge on any atom is 0.331 e. The number of amides is 1. The Morgan fingerprint density at radius 1 is 1.15 bits per heavy atom. The van der Waals surface area contributed by atoms with E-state index in [4.69, 9.17) is 14.2 Å². The molecule has 1 aliphatic rings. The predicted octanol–water partition coefficient (Wildman–Crippen LogP) is 2.34. The molecule has 140 valence electrons. The van der Waals surface area contributed by atoms with Gasteiger partial charge in [-0.25, -0.2) is 9.18 Å². The van der Waals surface area contributed by atoms with E-state index in [2.05, 4.69) is 5.32 Å². The number of esters is 1. The molecule has 1 aliphatic heterocycles. The quantitative estimate of drug-likeness (QED) is 0.623. The van der Waals surface area contributed by atoms with Gasteiger partial charge in [0.2, 0.25) is 0 Å². The number of para-hydroxylation sites is 2. The molecule has 0 aliphatic carbocycles. The minimum Gasteiger partial charge on any atom is -0.486 e. The van der Waals surface area contributed by atoms with Crippen LogP contribution in [0.4, 0.5) is 4.39 Å². The molecule has 6 nitrogen and oxygen atoms in total. The molecule has 2 aromatic carbocycles. The Bertz CT molecular complexity index is 835. The van der Waals surface area contributed by atoms with E-state index in [0.717, 1.165) is 0 Å². The first-order chi connectivity index (χ1) is 13.1. The zero-order valence-corrected chi connectivity index (χ0v) is 14.4. The first kappa shape index (κ1) is 18.4. The van der Waals surface area contributed by atoms with Crippen LogP contribution in [0.25, 0.3) is 6.08 Å². The number of nitrogens with one attached hydrogen (secondary N) is 1. The SMILES string of the molecule is O=C(COC(=O)/C=C/c1ccc(F)cc1)NC[C@@H]1COc2ccccc2O1. The molecule has 0 fully saturated rings. The Balaban J connectivity index is 1.37. The fraction of sp³-hybridized carbons (Fsp3) is 0.200. The Morgan fingerprint density at radius 3 is 2.67 bits per heavy atom. The zero-order valence-electron chi connectivity index (χ0n) is 14.4. The van der Waals surface area contributed by atoms with Gasteiger partial charge in [-0.05, 0) is 35.9 Å². The lowest BCUT2D eigenvalue weighted by molar-refractivity contribution is -0.143. The van der Waals surface area contributed by atoms with Gasteiger partial charge in [-0.2, -0.15) is 0 Å². The Morgan fingerprint density at radius 2 is 1.89 bits per heavy atom.